The summed E-state index contributed by atoms with van der Waals surface area (Å²) in [6, 6.07) is 0.288. The van der Waals surface area contributed by atoms with E-state index in [1.54, 1.807) is 0 Å². The van der Waals surface area contributed by atoms with E-state index in [4.69, 9.17) is 22.9 Å². The Labute approximate surface area is 145 Å². The van der Waals surface area contributed by atoms with E-state index in [2.05, 4.69) is 13.8 Å². The highest BCUT2D eigenvalue weighted by molar-refractivity contribution is 4.80. The number of unbranched alkanes of at least 4 members (excludes halogenated alkanes) is 6. The van der Waals surface area contributed by atoms with Gasteiger partial charge >= 0.3 is 0 Å². The van der Waals surface area contributed by atoms with Gasteiger partial charge in [0.05, 0.1) is 0 Å². The monoisotopic (exact) mass is 328 g/mol. The van der Waals surface area contributed by atoms with Crippen LogP contribution in [-0.4, -0.2) is 25.2 Å². The van der Waals surface area contributed by atoms with Crippen LogP contribution in [0.2, 0.25) is 0 Å². The molecular weight excluding hydrogens is 284 g/mol. The highest BCUT2D eigenvalue weighted by Gasteiger charge is 2.19. The number of rotatable bonds is 16. The van der Waals surface area contributed by atoms with E-state index in [1.165, 1.54) is 57.8 Å². The lowest BCUT2D eigenvalue weighted by molar-refractivity contribution is 0.340. The van der Waals surface area contributed by atoms with E-state index in [0.717, 1.165) is 25.9 Å². The average Bonchev–Trinajstić information content (AvgIpc) is 2.56. The van der Waals surface area contributed by atoms with Crippen LogP contribution in [0.25, 0.3) is 0 Å². The topological polar surface area (TPSA) is 104 Å². The van der Waals surface area contributed by atoms with Gasteiger partial charge in [-0.15, -0.1) is 0 Å². The van der Waals surface area contributed by atoms with Crippen LogP contribution in [0.1, 0.15) is 84.5 Å². The third-order valence-electron chi connectivity index (χ3n) is 5.15. The normalized spacial score (nSPS) is 17.0. The standard InChI is InChI=1S/C19H44N4/c1-16(15-21)11-7-6-9-13-18(22)19(23)17(2)12-8-4-3-5-10-14-20/h16-19H,3-15,20-23H2,1-2H3. The van der Waals surface area contributed by atoms with E-state index >= 15 is 0 Å². The van der Waals surface area contributed by atoms with Crippen molar-refractivity contribution in [2.45, 2.75) is 96.6 Å². The minimum absolute atomic E-state index is 0.141. The fourth-order valence-electron chi connectivity index (χ4n) is 3.12. The SMILES string of the molecule is CC(CN)CCCCCC(N)C(N)C(C)CCCCCCCN. The molecule has 4 atom stereocenters. The van der Waals surface area contributed by atoms with Crippen molar-refractivity contribution >= 4 is 0 Å². The van der Waals surface area contributed by atoms with Crippen molar-refractivity contribution in [1.29, 1.82) is 0 Å². The van der Waals surface area contributed by atoms with E-state index in [9.17, 15) is 0 Å². The van der Waals surface area contributed by atoms with Crippen molar-refractivity contribution in [2.75, 3.05) is 13.1 Å². The van der Waals surface area contributed by atoms with Crippen LogP contribution in [0.4, 0.5) is 0 Å². The van der Waals surface area contributed by atoms with Gasteiger partial charge in [0.15, 0.2) is 0 Å². The third-order valence-corrected chi connectivity index (χ3v) is 5.15. The van der Waals surface area contributed by atoms with Gasteiger partial charge in [-0.25, -0.2) is 0 Å². The smallest absolute Gasteiger partial charge is 0.0218 e. The molecule has 0 spiro atoms. The zero-order chi connectivity index (χ0) is 17.5. The summed E-state index contributed by atoms with van der Waals surface area (Å²) >= 11 is 0. The van der Waals surface area contributed by atoms with Gasteiger partial charge in [-0.3, -0.25) is 0 Å². The van der Waals surface area contributed by atoms with Gasteiger partial charge in [-0.2, -0.15) is 0 Å². The molecule has 0 saturated carbocycles. The van der Waals surface area contributed by atoms with E-state index < -0.39 is 0 Å². The molecule has 4 heteroatoms. The molecule has 140 valence electrons. The summed E-state index contributed by atoms with van der Waals surface area (Å²) in [5.74, 6) is 1.17. The van der Waals surface area contributed by atoms with Crippen LogP contribution in [0.5, 0.6) is 0 Å². The lowest BCUT2D eigenvalue weighted by atomic mass is 9.88. The van der Waals surface area contributed by atoms with E-state index in [0.29, 0.717) is 11.8 Å². The molecule has 0 bridgehead atoms. The van der Waals surface area contributed by atoms with Gasteiger partial charge in [-0.05, 0) is 50.6 Å². The average molecular weight is 329 g/mol. The molecule has 8 N–H and O–H groups in total. The number of hydrogen-bond donors (Lipinski definition) is 4. The molecule has 0 heterocycles. The minimum Gasteiger partial charge on any atom is -0.330 e. The fourth-order valence-corrected chi connectivity index (χ4v) is 3.12. The van der Waals surface area contributed by atoms with Crippen molar-refractivity contribution in [2.24, 2.45) is 34.8 Å². The predicted molar refractivity (Wildman–Crippen MR) is 103 cm³/mol. The quantitative estimate of drug-likeness (QED) is 0.327. The molecule has 4 unspecified atom stereocenters. The summed E-state index contributed by atoms with van der Waals surface area (Å²) in [5, 5.41) is 0. The van der Waals surface area contributed by atoms with E-state index in [1.807, 2.05) is 0 Å². The molecular formula is C19H44N4. The van der Waals surface area contributed by atoms with Gasteiger partial charge in [0, 0.05) is 12.1 Å². The molecule has 0 aliphatic carbocycles. The van der Waals surface area contributed by atoms with Gasteiger partial charge in [0.25, 0.3) is 0 Å². The molecule has 0 aromatic heterocycles. The maximum atomic E-state index is 6.35. The first-order chi connectivity index (χ1) is 11.0. The zero-order valence-electron chi connectivity index (χ0n) is 15.8. The minimum atomic E-state index is 0.141. The predicted octanol–water partition coefficient (Wildman–Crippen LogP) is 3.12. The Morgan fingerprint density at radius 2 is 1.17 bits per heavy atom. The van der Waals surface area contributed by atoms with Crippen molar-refractivity contribution in [1.82, 2.24) is 0 Å². The molecule has 0 aromatic carbocycles. The Morgan fingerprint density at radius 3 is 1.83 bits per heavy atom. The van der Waals surface area contributed by atoms with Crippen LogP contribution in [-0.2, 0) is 0 Å². The van der Waals surface area contributed by atoms with Crippen molar-refractivity contribution < 1.29 is 0 Å². The molecule has 0 aromatic rings. The molecule has 0 amide bonds. The maximum absolute atomic E-state index is 6.35. The summed E-state index contributed by atoms with van der Waals surface area (Å²) in [4.78, 5) is 0. The first-order valence-electron chi connectivity index (χ1n) is 9.94. The molecule has 0 aliphatic rings. The molecule has 0 fully saturated rings. The molecule has 4 nitrogen and oxygen atoms in total. The number of nitrogens with two attached hydrogens (primary N) is 4. The first kappa shape index (κ1) is 22.8. The Morgan fingerprint density at radius 1 is 0.652 bits per heavy atom. The molecule has 23 heavy (non-hydrogen) atoms. The fraction of sp³-hybridized carbons (Fsp3) is 1.00. The van der Waals surface area contributed by atoms with Crippen LogP contribution >= 0.6 is 0 Å². The second kappa shape index (κ2) is 15.4. The van der Waals surface area contributed by atoms with Gasteiger partial charge in [-0.1, -0.05) is 58.8 Å². The second-order valence-corrected chi connectivity index (χ2v) is 7.54. The summed E-state index contributed by atoms with van der Waals surface area (Å²) in [5.41, 5.74) is 23.8. The van der Waals surface area contributed by atoms with Crippen LogP contribution in [0.15, 0.2) is 0 Å². The van der Waals surface area contributed by atoms with Gasteiger partial charge < -0.3 is 22.9 Å². The van der Waals surface area contributed by atoms with Crippen molar-refractivity contribution in [3.8, 4) is 0 Å². The lowest BCUT2D eigenvalue weighted by Crippen LogP contribution is -2.45. The Hall–Kier alpha value is -0.160. The maximum Gasteiger partial charge on any atom is 0.0218 e. The lowest BCUT2D eigenvalue weighted by Gasteiger charge is -2.26. The van der Waals surface area contributed by atoms with Crippen molar-refractivity contribution in [3.05, 3.63) is 0 Å². The molecule has 0 aliphatic heterocycles. The van der Waals surface area contributed by atoms with Crippen LogP contribution < -0.4 is 22.9 Å². The Bertz CT molecular complexity index is 248. The summed E-state index contributed by atoms with van der Waals surface area (Å²) in [6.07, 6.45) is 13.5. The summed E-state index contributed by atoms with van der Waals surface area (Å²) in [7, 11) is 0. The van der Waals surface area contributed by atoms with Gasteiger partial charge in [0.2, 0.25) is 0 Å². The molecule has 0 saturated heterocycles. The van der Waals surface area contributed by atoms with Gasteiger partial charge in [0.1, 0.15) is 0 Å². The summed E-state index contributed by atoms with van der Waals surface area (Å²) < 4.78 is 0. The molecule has 0 radical (unpaired) electrons. The summed E-state index contributed by atoms with van der Waals surface area (Å²) in [6.45, 7) is 6.10. The number of hydrogen-bond acceptors (Lipinski definition) is 4. The Kier molecular flexibility index (Phi) is 15.3. The van der Waals surface area contributed by atoms with Crippen LogP contribution in [0.3, 0.4) is 0 Å². The third kappa shape index (κ3) is 12.9. The van der Waals surface area contributed by atoms with E-state index in [-0.39, 0.29) is 12.1 Å². The zero-order valence-corrected chi connectivity index (χ0v) is 15.8. The Balaban J connectivity index is 3.63. The van der Waals surface area contributed by atoms with Crippen LogP contribution in [0, 0.1) is 11.8 Å². The largest absolute Gasteiger partial charge is 0.330 e. The second-order valence-electron chi connectivity index (χ2n) is 7.54. The van der Waals surface area contributed by atoms with Crippen molar-refractivity contribution in [3.63, 3.8) is 0 Å². The molecule has 0 rings (SSSR count). The highest BCUT2D eigenvalue weighted by atomic mass is 14.8. The first-order valence-corrected chi connectivity index (χ1v) is 9.94. The highest BCUT2D eigenvalue weighted by Crippen LogP contribution is 2.18.